The first-order valence-electron chi connectivity index (χ1n) is 7.26. The normalized spacial score (nSPS) is 14.9. The Morgan fingerprint density at radius 3 is 2.45 bits per heavy atom. The summed E-state index contributed by atoms with van der Waals surface area (Å²) in [6.45, 7) is 0.879. The molecule has 0 unspecified atom stereocenters. The second kappa shape index (κ2) is 7.11. The van der Waals surface area contributed by atoms with Gasteiger partial charge in [-0.1, -0.05) is 12.1 Å². The van der Waals surface area contributed by atoms with Crippen molar-refractivity contribution in [3.05, 3.63) is 29.8 Å². The van der Waals surface area contributed by atoms with Gasteiger partial charge in [0.25, 0.3) is 0 Å². The fraction of sp³-hybridized carbons (Fsp3) is 0.533. The van der Waals surface area contributed by atoms with E-state index in [4.69, 9.17) is 4.74 Å². The monoisotopic (exact) mass is 326 g/mol. The average Bonchev–Trinajstić information content (AvgIpc) is 3.30. The van der Waals surface area contributed by atoms with E-state index in [0.717, 1.165) is 24.2 Å². The zero-order valence-corrected chi connectivity index (χ0v) is 13.7. The number of carbonyl (C=O) groups is 1. The number of nitrogens with zero attached hydrogens (tertiary/aromatic N) is 1. The second-order valence-corrected chi connectivity index (χ2v) is 7.49. The number of amides is 1. The molecule has 1 aromatic carbocycles. The molecule has 1 N–H and O–H groups in total. The van der Waals surface area contributed by atoms with E-state index < -0.39 is 10.0 Å². The van der Waals surface area contributed by atoms with Crippen molar-refractivity contribution >= 4 is 15.9 Å². The van der Waals surface area contributed by atoms with Crippen molar-refractivity contribution in [1.82, 2.24) is 9.62 Å². The van der Waals surface area contributed by atoms with Crippen LogP contribution in [-0.4, -0.2) is 45.1 Å². The Morgan fingerprint density at radius 1 is 1.32 bits per heavy atom. The summed E-state index contributed by atoms with van der Waals surface area (Å²) in [5.41, 5.74) is 0.875. The molecule has 1 aromatic rings. The molecule has 6 nitrogen and oxygen atoms in total. The van der Waals surface area contributed by atoms with Crippen LogP contribution < -0.4 is 10.1 Å². The van der Waals surface area contributed by atoms with E-state index in [1.165, 1.54) is 10.6 Å². The Bertz CT molecular complexity index is 609. The van der Waals surface area contributed by atoms with Crippen molar-refractivity contribution in [3.8, 4) is 5.75 Å². The summed E-state index contributed by atoms with van der Waals surface area (Å²) in [5, 5.41) is 2.79. The average molecular weight is 326 g/mol. The third-order valence-corrected chi connectivity index (χ3v) is 4.85. The molecule has 0 atom stereocenters. The second-order valence-electron chi connectivity index (χ2n) is 5.51. The van der Waals surface area contributed by atoms with Crippen LogP contribution in [0.15, 0.2) is 24.3 Å². The van der Waals surface area contributed by atoms with Gasteiger partial charge in [-0.2, -0.15) is 4.31 Å². The number of ether oxygens (including phenoxy) is 1. The van der Waals surface area contributed by atoms with Gasteiger partial charge in [0.05, 0.1) is 13.4 Å². The van der Waals surface area contributed by atoms with Gasteiger partial charge in [-0.15, -0.1) is 0 Å². The fourth-order valence-electron chi connectivity index (χ4n) is 2.09. The van der Waals surface area contributed by atoms with Gasteiger partial charge in [0.2, 0.25) is 15.9 Å². The highest BCUT2D eigenvalue weighted by molar-refractivity contribution is 7.88. The fourth-order valence-corrected chi connectivity index (χ4v) is 2.90. The van der Waals surface area contributed by atoms with Crippen LogP contribution in [0.2, 0.25) is 0 Å². The molecule has 0 radical (unpaired) electrons. The molecule has 1 amide bonds. The SMILES string of the molecule is COc1ccc(CN(CCNC(=O)C2CC2)S(C)(=O)=O)cc1. The smallest absolute Gasteiger partial charge is 0.223 e. The van der Waals surface area contributed by atoms with Crippen LogP contribution in [0.1, 0.15) is 18.4 Å². The van der Waals surface area contributed by atoms with Gasteiger partial charge < -0.3 is 10.1 Å². The lowest BCUT2D eigenvalue weighted by atomic mass is 10.2. The molecule has 0 spiro atoms. The molecule has 0 heterocycles. The number of hydrogen-bond donors (Lipinski definition) is 1. The highest BCUT2D eigenvalue weighted by atomic mass is 32.2. The molecule has 0 aromatic heterocycles. The minimum atomic E-state index is -3.33. The van der Waals surface area contributed by atoms with Crippen LogP contribution in [0.5, 0.6) is 5.75 Å². The number of nitrogens with one attached hydrogen (secondary N) is 1. The minimum Gasteiger partial charge on any atom is -0.497 e. The molecule has 0 saturated heterocycles. The van der Waals surface area contributed by atoms with Crippen molar-refractivity contribution < 1.29 is 17.9 Å². The summed E-state index contributed by atoms with van der Waals surface area (Å²) in [4.78, 5) is 11.6. The Hall–Kier alpha value is -1.60. The maximum Gasteiger partial charge on any atom is 0.223 e. The molecule has 22 heavy (non-hydrogen) atoms. The van der Waals surface area contributed by atoms with Crippen LogP contribution in [0.3, 0.4) is 0 Å². The molecule has 1 aliphatic carbocycles. The van der Waals surface area contributed by atoms with E-state index in [-0.39, 0.29) is 24.9 Å². The Labute approximate surface area is 131 Å². The number of sulfonamides is 1. The molecular formula is C15H22N2O4S. The maximum absolute atomic E-state index is 11.9. The van der Waals surface area contributed by atoms with E-state index in [2.05, 4.69) is 5.32 Å². The highest BCUT2D eigenvalue weighted by Gasteiger charge is 2.29. The van der Waals surface area contributed by atoms with Crippen molar-refractivity contribution in [3.63, 3.8) is 0 Å². The maximum atomic E-state index is 11.9. The lowest BCUT2D eigenvalue weighted by Gasteiger charge is -2.20. The van der Waals surface area contributed by atoms with Gasteiger partial charge in [0.15, 0.2) is 0 Å². The van der Waals surface area contributed by atoms with Crippen molar-refractivity contribution in [2.45, 2.75) is 19.4 Å². The third-order valence-electron chi connectivity index (χ3n) is 3.60. The molecule has 122 valence electrons. The molecule has 7 heteroatoms. The minimum absolute atomic E-state index is 0.0258. The topological polar surface area (TPSA) is 75.7 Å². The Kier molecular flexibility index (Phi) is 5.42. The third kappa shape index (κ3) is 4.99. The highest BCUT2D eigenvalue weighted by Crippen LogP contribution is 2.28. The predicted octanol–water partition coefficient (Wildman–Crippen LogP) is 0.983. The van der Waals surface area contributed by atoms with Gasteiger partial charge in [-0.3, -0.25) is 4.79 Å². The Balaban J connectivity index is 1.91. The Morgan fingerprint density at radius 2 is 1.95 bits per heavy atom. The number of hydrogen-bond acceptors (Lipinski definition) is 4. The molecule has 2 rings (SSSR count). The number of carbonyl (C=O) groups excluding carboxylic acids is 1. The number of methoxy groups -OCH3 is 1. The first kappa shape index (κ1) is 16.8. The summed E-state index contributed by atoms with van der Waals surface area (Å²) in [6.07, 6.45) is 3.06. The van der Waals surface area contributed by atoms with Crippen molar-refractivity contribution in [2.75, 3.05) is 26.5 Å². The standard InChI is InChI=1S/C15H22N2O4S/c1-21-14-7-3-12(4-8-14)11-17(22(2,19)20)10-9-16-15(18)13-5-6-13/h3-4,7-8,13H,5-6,9-11H2,1-2H3,(H,16,18). The first-order chi connectivity index (χ1) is 10.4. The van der Waals surface area contributed by atoms with E-state index in [1.54, 1.807) is 19.2 Å². The molecular weight excluding hydrogens is 304 g/mol. The number of rotatable bonds is 8. The zero-order chi connectivity index (χ0) is 16.2. The summed E-state index contributed by atoms with van der Waals surface area (Å²) in [7, 11) is -1.75. The number of benzene rings is 1. The summed E-state index contributed by atoms with van der Waals surface area (Å²) < 4.78 is 30.2. The van der Waals surface area contributed by atoms with Crippen molar-refractivity contribution in [2.24, 2.45) is 5.92 Å². The summed E-state index contributed by atoms with van der Waals surface area (Å²) in [5.74, 6) is 0.887. The quantitative estimate of drug-likeness (QED) is 0.773. The molecule has 1 saturated carbocycles. The van der Waals surface area contributed by atoms with Gasteiger partial charge in [0, 0.05) is 25.6 Å². The van der Waals surface area contributed by atoms with Crippen LogP contribution in [-0.2, 0) is 21.4 Å². The van der Waals surface area contributed by atoms with Crippen LogP contribution in [0.25, 0.3) is 0 Å². The van der Waals surface area contributed by atoms with E-state index >= 15 is 0 Å². The van der Waals surface area contributed by atoms with Gasteiger partial charge in [-0.25, -0.2) is 8.42 Å². The zero-order valence-electron chi connectivity index (χ0n) is 12.9. The van der Waals surface area contributed by atoms with Crippen LogP contribution >= 0.6 is 0 Å². The summed E-state index contributed by atoms with van der Waals surface area (Å²) >= 11 is 0. The lowest BCUT2D eigenvalue weighted by Crippen LogP contribution is -2.38. The van der Waals surface area contributed by atoms with E-state index in [0.29, 0.717) is 6.54 Å². The van der Waals surface area contributed by atoms with Gasteiger partial charge >= 0.3 is 0 Å². The predicted molar refractivity (Wildman–Crippen MR) is 84.0 cm³/mol. The molecule has 0 bridgehead atoms. The largest absolute Gasteiger partial charge is 0.497 e. The molecule has 0 aliphatic heterocycles. The van der Waals surface area contributed by atoms with Crippen LogP contribution in [0.4, 0.5) is 0 Å². The van der Waals surface area contributed by atoms with Crippen LogP contribution in [0, 0.1) is 5.92 Å². The molecule has 1 aliphatic rings. The lowest BCUT2D eigenvalue weighted by molar-refractivity contribution is -0.122. The van der Waals surface area contributed by atoms with E-state index in [9.17, 15) is 13.2 Å². The van der Waals surface area contributed by atoms with E-state index in [1.807, 2.05) is 12.1 Å². The summed E-state index contributed by atoms with van der Waals surface area (Å²) in [6, 6.07) is 7.26. The van der Waals surface area contributed by atoms with Gasteiger partial charge in [0.1, 0.15) is 5.75 Å². The van der Waals surface area contributed by atoms with Gasteiger partial charge in [-0.05, 0) is 30.5 Å². The first-order valence-corrected chi connectivity index (χ1v) is 9.11. The molecule has 1 fully saturated rings. The van der Waals surface area contributed by atoms with Crippen molar-refractivity contribution in [1.29, 1.82) is 0 Å².